The van der Waals surface area contributed by atoms with Crippen molar-refractivity contribution in [1.29, 1.82) is 0 Å². The summed E-state index contributed by atoms with van der Waals surface area (Å²) in [6.07, 6.45) is -1.75. The monoisotopic (exact) mass is 351 g/mol. The van der Waals surface area contributed by atoms with Gasteiger partial charge in [0.25, 0.3) is 0 Å². The van der Waals surface area contributed by atoms with Crippen molar-refractivity contribution >= 4 is 8.25 Å². The third-order valence-corrected chi connectivity index (χ3v) is 5.72. The Morgan fingerprint density at radius 3 is 2.17 bits per heavy atom. The molecule has 9 atom stereocenters. The van der Waals surface area contributed by atoms with Crippen LogP contribution in [0.2, 0.25) is 0 Å². The largest absolute Gasteiger partial charge is 0.697 e. The van der Waals surface area contributed by atoms with Crippen molar-refractivity contribution in [2.75, 3.05) is 20.3 Å². The average Bonchev–Trinajstić information content (AvgIpc) is 2.91. The number of hydrogen-bond acceptors (Lipinski definition) is 7. The lowest BCUT2D eigenvalue weighted by molar-refractivity contribution is -0.0308. The minimum absolute atomic E-state index is 0.00485. The van der Waals surface area contributed by atoms with E-state index in [1.807, 2.05) is 27.7 Å². The summed E-state index contributed by atoms with van der Waals surface area (Å²) in [5.74, 6) is 0.114. The average molecular weight is 351 g/mol. The summed E-state index contributed by atoms with van der Waals surface area (Å²) in [4.78, 5) is 0. The number of hydrogen-bond donors (Lipinski definition) is 1. The fourth-order valence-electron chi connectivity index (χ4n) is 3.04. The van der Waals surface area contributed by atoms with E-state index < -0.39 is 20.5 Å². The van der Waals surface area contributed by atoms with Crippen molar-refractivity contribution in [2.45, 2.75) is 64.3 Å². The second kappa shape index (κ2) is 8.30. The van der Waals surface area contributed by atoms with Crippen molar-refractivity contribution < 1.29 is 32.9 Å². The maximum absolute atomic E-state index is 12.1. The Hall–Kier alpha value is -0.140. The molecular formula is C15H28O7P+. The normalized spacial score (nSPS) is 44.7. The molecule has 0 bridgehead atoms. The van der Waals surface area contributed by atoms with E-state index in [4.69, 9.17) is 23.3 Å². The quantitative estimate of drug-likeness (QED) is 0.701. The van der Waals surface area contributed by atoms with Crippen LogP contribution in [0.1, 0.15) is 27.7 Å². The Morgan fingerprint density at radius 1 is 1.00 bits per heavy atom. The van der Waals surface area contributed by atoms with Crippen molar-refractivity contribution in [3.63, 3.8) is 0 Å². The maximum Gasteiger partial charge on any atom is 0.697 e. The van der Waals surface area contributed by atoms with E-state index in [0.717, 1.165) is 0 Å². The van der Waals surface area contributed by atoms with Gasteiger partial charge in [-0.2, -0.15) is 0 Å². The second-order valence-electron chi connectivity index (χ2n) is 6.51. The predicted molar refractivity (Wildman–Crippen MR) is 83.3 cm³/mol. The minimum atomic E-state index is -2.32. The van der Waals surface area contributed by atoms with Gasteiger partial charge in [-0.3, -0.25) is 0 Å². The zero-order valence-corrected chi connectivity index (χ0v) is 15.3. The van der Waals surface area contributed by atoms with Crippen LogP contribution < -0.4 is 0 Å². The van der Waals surface area contributed by atoms with Crippen LogP contribution in [0.15, 0.2) is 0 Å². The summed E-state index contributed by atoms with van der Waals surface area (Å²) < 4.78 is 39.4. The van der Waals surface area contributed by atoms with E-state index >= 15 is 0 Å². The van der Waals surface area contributed by atoms with Gasteiger partial charge in [-0.25, -0.2) is 0 Å². The maximum atomic E-state index is 12.1. The molecule has 0 spiro atoms. The van der Waals surface area contributed by atoms with Crippen molar-refractivity contribution in [3.05, 3.63) is 0 Å². The summed E-state index contributed by atoms with van der Waals surface area (Å²) in [6, 6.07) is 0. The zero-order chi connectivity index (χ0) is 17.1. The van der Waals surface area contributed by atoms with Gasteiger partial charge in [0.1, 0.15) is 24.9 Å². The van der Waals surface area contributed by atoms with E-state index in [0.29, 0.717) is 6.61 Å². The standard InChI is InChI=1S/C15H28O7P/c1-8-10(3)20-12(14(8)16)7-19-23(17)22-15-9(2)11(4)21-13(15)6-18-5/h8-16H,6-7H2,1-5H3/q+1/t8-,9-,10+,11+,12-,13-,14?,15?/m1/s1. The number of aliphatic hydroxyl groups excluding tert-OH is 1. The summed E-state index contributed by atoms with van der Waals surface area (Å²) in [7, 11) is -0.726. The van der Waals surface area contributed by atoms with E-state index in [1.165, 1.54) is 0 Å². The van der Waals surface area contributed by atoms with Crippen molar-refractivity contribution in [1.82, 2.24) is 0 Å². The molecule has 0 aromatic heterocycles. The molecule has 0 aromatic rings. The lowest BCUT2D eigenvalue weighted by atomic mass is 10.00. The van der Waals surface area contributed by atoms with Gasteiger partial charge >= 0.3 is 8.25 Å². The smallest absolute Gasteiger partial charge is 0.390 e. The minimum Gasteiger partial charge on any atom is -0.390 e. The molecule has 2 aliphatic heterocycles. The van der Waals surface area contributed by atoms with Crippen LogP contribution in [0, 0.1) is 11.8 Å². The molecule has 2 saturated heterocycles. The first-order chi connectivity index (χ1) is 10.8. The number of rotatable bonds is 7. The molecule has 0 aliphatic carbocycles. The SMILES string of the molecule is COC[C@H]1O[C@@H](C)[C@@H](C)C1O[P+](=O)OC[C@H]1O[C@@H](C)[C@@H](C)C1O. The van der Waals surface area contributed by atoms with Crippen LogP contribution >= 0.6 is 8.25 Å². The van der Waals surface area contributed by atoms with Gasteiger partial charge in [0, 0.05) is 23.5 Å². The highest BCUT2D eigenvalue weighted by Crippen LogP contribution is 2.38. The predicted octanol–water partition coefficient (Wildman–Crippen LogP) is 1.90. The first-order valence-electron chi connectivity index (χ1n) is 8.10. The third-order valence-electron chi connectivity index (χ3n) is 4.95. The second-order valence-corrected chi connectivity index (χ2v) is 7.43. The molecule has 0 amide bonds. The van der Waals surface area contributed by atoms with Crippen LogP contribution in [0.4, 0.5) is 0 Å². The molecule has 2 rings (SSSR count). The van der Waals surface area contributed by atoms with Crippen LogP contribution in [0.25, 0.3) is 0 Å². The Balaban J connectivity index is 1.82. The molecule has 1 N–H and O–H groups in total. The molecule has 2 aliphatic rings. The molecule has 2 heterocycles. The lowest BCUT2D eigenvalue weighted by Crippen LogP contribution is -2.31. The van der Waals surface area contributed by atoms with Gasteiger partial charge in [0.05, 0.1) is 24.9 Å². The molecule has 0 aromatic carbocycles. The molecule has 7 nitrogen and oxygen atoms in total. The van der Waals surface area contributed by atoms with Crippen LogP contribution in [0.3, 0.4) is 0 Å². The van der Waals surface area contributed by atoms with Crippen molar-refractivity contribution in [3.8, 4) is 0 Å². The van der Waals surface area contributed by atoms with Gasteiger partial charge in [0.15, 0.2) is 0 Å². The molecule has 134 valence electrons. The number of aliphatic hydroxyl groups is 1. The molecule has 2 fully saturated rings. The molecule has 0 saturated carbocycles. The van der Waals surface area contributed by atoms with E-state index in [1.54, 1.807) is 7.11 Å². The highest BCUT2D eigenvalue weighted by atomic mass is 31.1. The Kier molecular flexibility index (Phi) is 6.92. The molecule has 23 heavy (non-hydrogen) atoms. The van der Waals surface area contributed by atoms with Crippen LogP contribution in [-0.4, -0.2) is 62.1 Å². The lowest BCUT2D eigenvalue weighted by Gasteiger charge is -2.15. The zero-order valence-electron chi connectivity index (χ0n) is 14.4. The summed E-state index contributed by atoms with van der Waals surface area (Å²) in [6.45, 7) is 8.18. The molecular weight excluding hydrogens is 323 g/mol. The van der Waals surface area contributed by atoms with E-state index in [9.17, 15) is 9.67 Å². The topological polar surface area (TPSA) is 83.5 Å². The van der Waals surface area contributed by atoms with Crippen LogP contribution in [-0.2, 0) is 27.8 Å². The molecule has 0 radical (unpaired) electrons. The Bertz CT molecular complexity index is 407. The first kappa shape index (κ1) is 19.2. The summed E-state index contributed by atoms with van der Waals surface area (Å²) >= 11 is 0. The Morgan fingerprint density at radius 2 is 1.61 bits per heavy atom. The van der Waals surface area contributed by atoms with Crippen LogP contribution in [0.5, 0.6) is 0 Å². The first-order valence-corrected chi connectivity index (χ1v) is 9.19. The van der Waals surface area contributed by atoms with E-state index in [2.05, 4.69) is 0 Å². The van der Waals surface area contributed by atoms with Gasteiger partial charge in [-0.05, 0) is 13.8 Å². The molecule has 3 unspecified atom stereocenters. The van der Waals surface area contributed by atoms with Gasteiger partial charge < -0.3 is 19.3 Å². The third kappa shape index (κ3) is 4.48. The molecule has 8 heteroatoms. The summed E-state index contributed by atoms with van der Waals surface area (Å²) in [5, 5.41) is 10.0. The van der Waals surface area contributed by atoms with Crippen molar-refractivity contribution in [2.24, 2.45) is 11.8 Å². The van der Waals surface area contributed by atoms with Gasteiger partial charge in [-0.15, -0.1) is 9.05 Å². The highest BCUT2D eigenvalue weighted by molar-refractivity contribution is 7.33. The highest BCUT2D eigenvalue weighted by Gasteiger charge is 2.47. The fraction of sp³-hybridized carbons (Fsp3) is 1.00. The Labute approximate surface area is 138 Å². The fourth-order valence-corrected chi connectivity index (χ4v) is 3.90. The van der Waals surface area contributed by atoms with E-state index in [-0.39, 0.29) is 42.9 Å². The number of methoxy groups -OCH3 is 1. The summed E-state index contributed by atoms with van der Waals surface area (Å²) in [5.41, 5.74) is 0. The van der Waals surface area contributed by atoms with Gasteiger partial charge in [0.2, 0.25) is 0 Å². The van der Waals surface area contributed by atoms with Gasteiger partial charge in [-0.1, -0.05) is 13.8 Å². The number of ether oxygens (including phenoxy) is 3.